The number of fused-ring (bicyclic) bond motifs is 1. The second-order valence-electron chi connectivity index (χ2n) is 5.99. The summed E-state index contributed by atoms with van der Waals surface area (Å²) in [5.41, 5.74) is 1.35. The fraction of sp³-hybridized carbons (Fsp3) is 0.111. The minimum atomic E-state index is -3.98. The zero-order valence-corrected chi connectivity index (χ0v) is 15.3. The van der Waals surface area contributed by atoms with E-state index in [2.05, 4.69) is 0 Å². The van der Waals surface area contributed by atoms with Crippen LogP contribution in [0.1, 0.15) is 0 Å². The lowest BCUT2D eigenvalue weighted by molar-refractivity contribution is 0.228. The van der Waals surface area contributed by atoms with Crippen molar-refractivity contribution < 1.29 is 18.2 Å². The van der Waals surface area contributed by atoms with Crippen molar-refractivity contribution in [2.45, 2.75) is 4.90 Å². The Bertz CT molecular complexity index is 1010. The molecule has 0 aromatic heterocycles. The lowest BCUT2D eigenvalue weighted by Crippen LogP contribution is -2.40. The maximum absolute atomic E-state index is 12.7. The van der Waals surface area contributed by atoms with Gasteiger partial charge >= 0.3 is 7.12 Å². The Morgan fingerprint density at radius 3 is 2.27 bits per heavy atom. The summed E-state index contributed by atoms with van der Waals surface area (Å²) in [6, 6.07) is 19.0. The molecule has 2 N–H and O–H groups in total. The lowest BCUT2D eigenvalue weighted by atomic mass is 9.80. The van der Waals surface area contributed by atoms with Crippen LogP contribution in [0.25, 0.3) is 10.8 Å². The summed E-state index contributed by atoms with van der Waals surface area (Å²) in [6.07, 6.45) is 0. The van der Waals surface area contributed by atoms with Gasteiger partial charge in [0, 0.05) is 30.6 Å². The van der Waals surface area contributed by atoms with Crippen LogP contribution in [0.3, 0.4) is 0 Å². The van der Waals surface area contributed by atoms with Crippen LogP contribution >= 0.6 is 0 Å². The van der Waals surface area contributed by atoms with Gasteiger partial charge < -0.3 is 14.7 Å². The first-order chi connectivity index (χ1) is 12.4. The number of hydrogen-bond donors (Lipinski definition) is 2. The van der Waals surface area contributed by atoms with Gasteiger partial charge in [-0.3, -0.25) is 0 Å². The molecular weight excluding hydrogens is 351 g/mol. The number of nitrogens with zero attached hydrogens (tertiary/aromatic N) is 1. The second kappa shape index (κ2) is 7.47. The van der Waals surface area contributed by atoms with Gasteiger partial charge in [0.2, 0.25) is 0 Å². The topological polar surface area (TPSA) is 78.9 Å². The van der Waals surface area contributed by atoms with Gasteiger partial charge in [0.15, 0.2) is 0 Å². The Morgan fingerprint density at radius 1 is 0.923 bits per heavy atom. The second-order valence-corrected chi connectivity index (χ2v) is 7.60. The highest BCUT2D eigenvalue weighted by Gasteiger charge is 2.23. The molecule has 0 saturated carbocycles. The maximum atomic E-state index is 12.7. The number of nitrogens with one attached hydrogen (secondary N) is 1. The Kier molecular flexibility index (Phi) is 5.29. The van der Waals surface area contributed by atoms with Gasteiger partial charge in [-0.25, -0.2) is 8.42 Å². The van der Waals surface area contributed by atoms with Crippen LogP contribution in [0.5, 0.6) is 0 Å². The molecule has 0 unspecified atom stereocenters. The predicted octanol–water partition coefficient (Wildman–Crippen LogP) is 1.50. The lowest BCUT2D eigenvalue weighted by Gasteiger charge is -2.17. The van der Waals surface area contributed by atoms with E-state index in [1.807, 2.05) is 36.0 Å². The molecule has 0 radical (unpaired) electrons. The number of hydrogen-bond acceptors (Lipinski definition) is 5. The SMILES string of the molecule is CN(C)c1cccc2c(S(=O)(=O)NOB(O)c3ccccc3)cccc12. The number of sulfonamides is 1. The van der Waals surface area contributed by atoms with Crippen molar-refractivity contribution in [3.63, 3.8) is 0 Å². The molecule has 0 aliphatic rings. The molecule has 3 aromatic rings. The molecular formula is C18H19BN2O4S. The van der Waals surface area contributed by atoms with Gasteiger partial charge in [-0.2, -0.15) is 0 Å². The Labute approximate surface area is 153 Å². The quantitative estimate of drug-likeness (QED) is 0.508. The van der Waals surface area contributed by atoms with Crippen molar-refractivity contribution in [1.29, 1.82) is 0 Å². The summed E-state index contributed by atoms with van der Waals surface area (Å²) in [5.74, 6) is 0. The zero-order valence-electron chi connectivity index (χ0n) is 14.5. The third-order valence-electron chi connectivity index (χ3n) is 3.98. The summed E-state index contributed by atoms with van der Waals surface area (Å²) < 4.78 is 30.4. The van der Waals surface area contributed by atoms with E-state index in [0.717, 1.165) is 11.1 Å². The fourth-order valence-corrected chi connectivity index (χ4v) is 3.76. The zero-order chi connectivity index (χ0) is 18.7. The van der Waals surface area contributed by atoms with E-state index in [0.29, 0.717) is 10.8 Å². The molecule has 0 bridgehead atoms. The molecule has 6 nitrogen and oxygen atoms in total. The smallest absolute Gasteiger partial charge is 0.422 e. The van der Waals surface area contributed by atoms with E-state index in [4.69, 9.17) is 4.76 Å². The number of benzene rings is 3. The van der Waals surface area contributed by atoms with Crippen LogP contribution in [-0.2, 0) is 14.8 Å². The maximum Gasteiger partial charge on any atom is 0.509 e. The van der Waals surface area contributed by atoms with Crippen LogP contribution in [0.2, 0.25) is 0 Å². The largest absolute Gasteiger partial charge is 0.509 e. The molecule has 0 spiro atoms. The van der Waals surface area contributed by atoms with E-state index in [1.165, 1.54) is 6.07 Å². The average molecular weight is 370 g/mol. The van der Waals surface area contributed by atoms with Crippen LogP contribution in [-0.4, -0.2) is 34.7 Å². The van der Waals surface area contributed by atoms with Gasteiger partial charge in [0.05, 0.1) is 4.90 Å². The van der Waals surface area contributed by atoms with Crippen molar-refractivity contribution in [2.75, 3.05) is 19.0 Å². The number of rotatable bonds is 6. The van der Waals surface area contributed by atoms with Crippen molar-refractivity contribution in [2.24, 2.45) is 0 Å². The molecule has 26 heavy (non-hydrogen) atoms. The summed E-state index contributed by atoms with van der Waals surface area (Å²) in [4.78, 5) is 4.02. The molecule has 134 valence electrons. The monoisotopic (exact) mass is 370 g/mol. The van der Waals surface area contributed by atoms with Crippen molar-refractivity contribution >= 4 is 39.1 Å². The van der Waals surface area contributed by atoms with Gasteiger partial charge in [0.25, 0.3) is 10.0 Å². The molecule has 0 amide bonds. The van der Waals surface area contributed by atoms with E-state index in [9.17, 15) is 13.4 Å². The van der Waals surface area contributed by atoms with Gasteiger partial charge in [-0.15, -0.1) is 4.89 Å². The van der Waals surface area contributed by atoms with Crippen LogP contribution < -0.4 is 15.2 Å². The third-order valence-corrected chi connectivity index (χ3v) is 5.24. The Balaban J connectivity index is 1.91. The normalized spacial score (nSPS) is 11.5. The summed E-state index contributed by atoms with van der Waals surface area (Å²) >= 11 is 0. The molecule has 8 heteroatoms. The van der Waals surface area contributed by atoms with Gasteiger partial charge in [-0.05, 0) is 17.6 Å². The Hall–Kier alpha value is -2.39. The van der Waals surface area contributed by atoms with Gasteiger partial charge in [0.1, 0.15) is 0 Å². The van der Waals surface area contributed by atoms with Crippen LogP contribution in [0, 0.1) is 0 Å². The standard InChI is InChI=1S/C18H19BN2O4S/c1-21(2)17-12-6-11-16-15(17)10-7-13-18(16)26(23,24)20-25-19(22)14-8-4-3-5-9-14/h3-13,20,22H,1-2H3. The van der Waals surface area contributed by atoms with E-state index < -0.39 is 17.1 Å². The average Bonchev–Trinajstić information content (AvgIpc) is 2.65. The highest BCUT2D eigenvalue weighted by molar-refractivity contribution is 7.89. The highest BCUT2D eigenvalue weighted by atomic mass is 32.2. The third kappa shape index (κ3) is 3.73. The van der Waals surface area contributed by atoms with Crippen LogP contribution in [0.15, 0.2) is 71.6 Å². The molecule has 0 aliphatic carbocycles. The predicted molar refractivity (Wildman–Crippen MR) is 104 cm³/mol. The van der Waals surface area contributed by atoms with Crippen molar-refractivity contribution in [1.82, 2.24) is 4.89 Å². The fourth-order valence-electron chi connectivity index (χ4n) is 2.73. The molecule has 3 aromatic carbocycles. The molecule has 0 heterocycles. The van der Waals surface area contributed by atoms with Gasteiger partial charge in [-0.1, -0.05) is 54.6 Å². The van der Waals surface area contributed by atoms with E-state index >= 15 is 0 Å². The van der Waals surface area contributed by atoms with E-state index in [1.54, 1.807) is 48.5 Å². The van der Waals surface area contributed by atoms with E-state index in [-0.39, 0.29) is 4.90 Å². The molecule has 0 fully saturated rings. The molecule has 0 saturated heterocycles. The molecule has 0 aliphatic heterocycles. The van der Waals surface area contributed by atoms with Crippen LogP contribution in [0.4, 0.5) is 5.69 Å². The summed E-state index contributed by atoms with van der Waals surface area (Å²) in [5, 5.41) is 11.4. The summed E-state index contributed by atoms with van der Waals surface area (Å²) in [7, 11) is -1.59. The minimum Gasteiger partial charge on any atom is -0.422 e. The molecule has 3 rings (SSSR count). The molecule has 0 atom stereocenters. The highest BCUT2D eigenvalue weighted by Crippen LogP contribution is 2.30. The first-order valence-corrected chi connectivity index (χ1v) is 9.48. The van der Waals surface area contributed by atoms with Crippen molar-refractivity contribution in [3.05, 3.63) is 66.7 Å². The summed E-state index contributed by atoms with van der Waals surface area (Å²) in [6.45, 7) is 0. The first-order valence-electron chi connectivity index (χ1n) is 8.00. The van der Waals surface area contributed by atoms with Crippen molar-refractivity contribution in [3.8, 4) is 0 Å². The first kappa shape index (κ1) is 18.4. The minimum absolute atomic E-state index is 0.0824. The Morgan fingerprint density at radius 2 is 1.58 bits per heavy atom. The number of anilines is 1.